The van der Waals surface area contributed by atoms with E-state index in [1.165, 1.54) is 29.6 Å². The third kappa shape index (κ3) is 8.14. The van der Waals surface area contributed by atoms with Crippen LogP contribution in [0, 0.1) is 0 Å². The van der Waals surface area contributed by atoms with Crippen LogP contribution in [0.4, 0.5) is 0 Å². The molecule has 0 bridgehead atoms. The van der Waals surface area contributed by atoms with Crippen LogP contribution < -0.4 is 10.9 Å². The van der Waals surface area contributed by atoms with E-state index in [1.54, 1.807) is 31.3 Å². The number of aromatic hydroxyl groups is 1. The molecule has 2 heterocycles. The second kappa shape index (κ2) is 13.6. The Morgan fingerprint density at radius 3 is 2.37 bits per heavy atom. The zero-order valence-electron chi connectivity index (χ0n) is 26.4. The van der Waals surface area contributed by atoms with Gasteiger partial charge in [0.05, 0.1) is 16.5 Å². The Morgan fingerprint density at radius 1 is 1.05 bits per heavy atom. The second-order valence-corrected chi connectivity index (χ2v) is 20.0. The largest absolute Gasteiger partial charge is 0.506 e. The van der Waals surface area contributed by atoms with Crippen LogP contribution in [0.25, 0.3) is 10.9 Å². The molecule has 0 amide bonds. The highest BCUT2D eigenvalue weighted by Crippen LogP contribution is 2.41. The fraction of sp³-hybridized carbons (Fsp3) is 0.531. The lowest BCUT2D eigenvalue weighted by Gasteiger charge is -2.39. The summed E-state index contributed by atoms with van der Waals surface area (Å²) in [6.45, 7) is 15.3. The van der Waals surface area contributed by atoms with E-state index in [-0.39, 0.29) is 22.5 Å². The van der Waals surface area contributed by atoms with Crippen LogP contribution in [-0.2, 0) is 21.0 Å². The third-order valence-electron chi connectivity index (χ3n) is 8.97. The number of hydrogen-bond donors (Lipinski definition) is 3. The first-order valence-electron chi connectivity index (χ1n) is 15.2. The predicted octanol–water partition coefficient (Wildman–Crippen LogP) is 5.19. The number of nitrogens with zero attached hydrogens (tertiary/aromatic N) is 2. The lowest BCUT2D eigenvalue weighted by atomic mass is 10.0. The van der Waals surface area contributed by atoms with Crippen LogP contribution in [0.2, 0.25) is 18.1 Å². The van der Waals surface area contributed by atoms with Crippen molar-refractivity contribution in [3.05, 3.63) is 70.0 Å². The van der Waals surface area contributed by atoms with E-state index in [2.05, 4.69) is 49.1 Å². The fourth-order valence-corrected chi connectivity index (χ4v) is 7.62. The summed E-state index contributed by atoms with van der Waals surface area (Å²) >= 11 is 0. The number of hydrogen-bond acceptors (Lipinski definition) is 7. The van der Waals surface area contributed by atoms with Gasteiger partial charge in [-0.3, -0.25) is 4.79 Å². The van der Waals surface area contributed by atoms with Crippen molar-refractivity contribution in [3.63, 3.8) is 0 Å². The molecule has 1 saturated heterocycles. The molecule has 0 aliphatic carbocycles. The van der Waals surface area contributed by atoms with E-state index < -0.39 is 18.3 Å². The maximum Gasteiger partial charge on any atom is 0.248 e. The van der Waals surface area contributed by atoms with Crippen molar-refractivity contribution in [2.24, 2.45) is 0 Å². The number of sulfonamides is 1. The molecule has 0 radical (unpaired) electrons. The van der Waals surface area contributed by atoms with Gasteiger partial charge in [-0.2, -0.15) is 4.31 Å². The highest BCUT2D eigenvalue weighted by atomic mass is 32.2. The minimum absolute atomic E-state index is 0.0164. The van der Waals surface area contributed by atoms with E-state index in [0.717, 1.165) is 36.1 Å². The average Bonchev–Trinajstić information content (AvgIpc) is 2.96. The smallest absolute Gasteiger partial charge is 0.248 e. The van der Waals surface area contributed by atoms with Crippen molar-refractivity contribution in [2.45, 2.75) is 75.7 Å². The van der Waals surface area contributed by atoms with E-state index >= 15 is 0 Å². The number of likely N-dealkylation sites (tertiary alicyclic amines) is 1. The Bertz CT molecular complexity index is 1540. The molecule has 1 aliphatic heterocycles. The number of piperidine rings is 1. The molecule has 1 fully saturated rings. The van der Waals surface area contributed by atoms with Gasteiger partial charge in [-0.1, -0.05) is 45.4 Å². The predicted molar refractivity (Wildman–Crippen MR) is 176 cm³/mol. The molecule has 0 spiro atoms. The van der Waals surface area contributed by atoms with Crippen LogP contribution >= 0.6 is 0 Å². The minimum atomic E-state index is -3.56. The van der Waals surface area contributed by atoms with E-state index in [4.69, 9.17) is 4.43 Å². The summed E-state index contributed by atoms with van der Waals surface area (Å²) in [4.78, 5) is 17.4. The van der Waals surface area contributed by atoms with E-state index in [9.17, 15) is 18.3 Å². The topological polar surface area (TPSA) is 115 Å². The summed E-state index contributed by atoms with van der Waals surface area (Å²) in [5, 5.41) is 14.6. The molecule has 2 aromatic carbocycles. The van der Waals surface area contributed by atoms with Crippen molar-refractivity contribution in [1.29, 1.82) is 0 Å². The first kappa shape index (κ1) is 33.4. The standard InChI is InChI=1S/C32H48N4O5SSi/c1-32(2,3)43(5,6)41-29(26-14-16-28(37)31-27(26)15-17-30(38)34-31)23-33-22-24-10-12-25(13-11-24)42(39,40)35(4)20-21-36-18-8-7-9-19-36/h10-17,29,33,37H,7-9,18-23H2,1-6H3,(H,34,38). The average molecular weight is 629 g/mol. The maximum atomic E-state index is 13.2. The Kier molecular flexibility index (Phi) is 10.6. The van der Waals surface area contributed by atoms with Crippen LogP contribution in [0.5, 0.6) is 5.75 Å². The van der Waals surface area contributed by atoms with Crippen molar-refractivity contribution in [3.8, 4) is 5.75 Å². The maximum absolute atomic E-state index is 13.2. The summed E-state index contributed by atoms with van der Waals surface area (Å²) in [5.74, 6) is 0.0164. The van der Waals surface area contributed by atoms with Gasteiger partial charge in [-0.25, -0.2) is 8.42 Å². The number of aromatic nitrogens is 1. The zero-order valence-corrected chi connectivity index (χ0v) is 28.3. The fourth-order valence-electron chi connectivity index (χ4n) is 5.18. The number of aromatic amines is 1. The van der Waals surface area contributed by atoms with E-state index in [1.807, 2.05) is 18.2 Å². The first-order chi connectivity index (χ1) is 20.2. The Labute approximate surface area is 257 Å². The van der Waals surface area contributed by atoms with Crippen LogP contribution in [0.3, 0.4) is 0 Å². The summed E-state index contributed by atoms with van der Waals surface area (Å²) in [7, 11) is -4.11. The summed E-state index contributed by atoms with van der Waals surface area (Å²) in [5.41, 5.74) is 1.96. The van der Waals surface area contributed by atoms with Crippen molar-refractivity contribution in [2.75, 3.05) is 39.8 Å². The number of pyridine rings is 1. The van der Waals surface area contributed by atoms with Crippen LogP contribution in [0.1, 0.15) is 57.3 Å². The number of phenols is 1. The van der Waals surface area contributed by atoms with Gasteiger partial charge in [-0.05, 0) is 79.5 Å². The summed E-state index contributed by atoms with van der Waals surface area (Å²) in [6, 6.07) is 13.7. The van der Waals surface area contributed by atoms with Gasteiger partial charge in [0.25, 0.3) is 0 Å². The zero-order chi connectivity index (χ0) is 31.4. The van der Waals surface area contributed by atoms with Gasteiger partial charge in [0, 0.05) is 44.7 Å². The van der Waals surface area contributed by atoms with Gasteiger partial charge < -0.3 is 24.7 Å². The van der Waals surface area contributed by atoms with Gasteiger partial charge in [0.2, 0.25) is 15.6 Å². The quantitative estimate of drug-likeness (QED) is 0.237. The lowest BCUT2D eigenvalue weighted by molar-refractivity contribution is 0.181. The molecule has 9 nitrogen and oxygen atoms in total. The summed E-state index contributed by atoms with van der Waals surface area (Å²) in [6.07, 6.45) is 3.29. The van der Waals surface area contributed by atoms with Gasteiger partial charge in [0.1, 0.15) is 5.75 Å². The number of fused-ring (bicyclic) bond motifs is 1. The minimum Gasteiger partial charge on any atom is -0.506 e. The molecule has 11 heteroatoms. The molecule has 1 atom stereocenters. The van der Waals surface area contributed by atoms with Gasteiger partial charge >= 0.3 is 0 Å². The number of H-pyrrole nitrogens is 1. The monoisotopic (exact) mass is 628 g/mol. The third-order valence-corrected chi connectivity index (χ3v) is 15.3. The van der Waals surface area contributed by atoms with Crippen molar-refractivity contribution in [1.82, 2.24) is 19.5 Å². The number of nitrogens with one attached hydrogen (secondary N) is 2. The molecular formula is C32H48N4O5SSi. The SMILES string of the molecule is CN(CCN1CCCCC1)S(=O)(=O)c1ccc(CNCC(O[Si](C)(C)C(C)(C)C)c2ccc(O)c3[nH]c(=O)ccc23)cc1. The molecule has 3 aromatic rings. The second-order valence-electron chi connectivity index (χ2n) is 13.2. The summed E-state index contributed by atoms with van der Waals surface area (Å²) < 4.78 is 34.7. The first-order valence-corrected chi connectivity index (χ1v) is 19.5. The number of rotatable bonds is 12. The number of likely N-dealkylation sites (N-methyl/N-ethyl adjacent to an activating group) is 1. The van der Waals surface area contributed by atoms with Crippen molar-refractivity contribution >= 4 is 29.2 Å². The highest BCUT2D eigenvalue weighted by Gasteiger charge is 2.39. The molecule has 3 N–H and O–H groups in total. The Morgan fingerprint density at radius 2 is 1.72 bits per heavy atom. The lowest BCUT2D eigenvalue weighted by Crippen LogP contribution is -2.43. The van der Waals surface area contributed by atoms with Gasteiger partial charge in [0.15, 0.2) is 8.32 Å². The highest BCUT2D eigenvalue weighted by molar-refractivity contribution is 7.89. The molecule has 0 saturated carbocycles. The molecule has 236 valence electrons. The molecule has 1 aliphatic rings. The van der Waals surface area contributed by atoms with Crippen LogP contribution in [-0.4, -0.2) is 75.8 Å². The molecule has 43 heavy (non-hydrogen) atoms. The Hall–Kier alpha value is -2.54. The van der Waals surface area contributed by atoms with Crippen LogP contribution in [0.15, 0.2) is 58.2 Å². The number of benzene rings is 2. The molecule has 4 rings (SSSR count). The van der Waals surface area contributed by atoms with Gasteiger partial charge in [-0.15, -0.1) is 0 Å². The van der Waals surface area contributed by atoms with Crippen molar-refractivity contribution < 1.29 is 18.0 Å². The normalized spacial score (nSPS) is 16.2. The molecular weight excluding hydrogens is 581 g/mol. The van der Waals surface area contributed by atoms with E-state index in [0.29, 0.717) is 30.0 Å². The molecule has 1 aromatic heterocycles. The Balaban J connectivity index is 1.46. The molecule has 1 unspecified atom stereocenters. The number of phenolic OH excluding ortho intramolecular Hbond substituents is 1.